The monoisotopic (exact) mass is 389 g/mol. The molecule has 1 saturated carbocycles. The number of benzene rings is 1. The molecule has 7 heteroatoms. The smallest absolute Gasteiger partial charge is 0.236 e. The van der Waals surface area contributed by atoms with E-state index < -0.39 is 5.41 Å². The van der Waals surface area contributed by atoms with Crippen molar-refractivity contribution in [3.8, 4) is 0 Å². The first-order valence-corrected chi connectivity index (χ1v) is 10.0. The van der Waals surface area contributed by atoms with Gasteiger partial charge in [0.25, 0.3) is 0 Å². The van der Waals surface area contributed by atoms with Gasteiger partial charge in [0.15, 0.2) is 4.32 Å². The van der Waals surface area contributed by atoms with Gasteiger partial charge >= 0.3 is 0 Å². The van der Waals surface area contributed by atoms with Crippen LogP contribution in [0.2, 0.25) is 0 Å². The van der Waals surface area contributed by atoms with Gasteiger partial charge in [0.05, 0.1) is 17.5 Å². The molecule has 1 aliphatic heterocycles. The Morgan fingerprint density at radius 2 is 2.04 bits per heavy atom. The molecule has 2 aliphatic rings. The van der Waals surface area contributed by atoms with Crippen molar-refractivity contribution in [1.82, 2.24) is 10.3 Å². The summed E-state index contributed by atoms with van der Waals surface area (Å²) < 4.78 is 0.431. The molecule has 138 valence electrons. The summed E-state index contributed by atoms with van der Waals surface area (Å²) in [5.41, 5.74) is 2.97. The van der Waals surface area contributed by atoms with E-state index in [1.807, 2.05) is 51.1 Å². The van der Waals surface area contributed by atoms with E-state index in [0.29, 0.717) is 4.32 Å². The van der Waals surface area contributed by atoms with E-state index in [9.17, 15) is 9.59 Å². The average Bonchev–Trinajstić information content (AvgIpc) is 2.79. The number of hydrazone groups is 1. The minimum absolute atomic E-state index is 0.0712. The molecule has 1 saturated heterocycles. The van der Waals surface area contributed by atoms with E-state index in [2.05, 4.69) is 10.5 Å². The Morgan fingerprint density at radius 1 is 1.35 bits per heavy atom. The van der Waals surface area contributed by atoms with Crippen LogP contribution in [-0.4, -0.2) is 33.1 Å². The first kappa shape index (κ1) is 19.0. The molecular weight excluding hydrogens is 366 g/mol. The summed E-state index contributed by atoms with van der Waals surface area (Å²) in [5, 5.41) is 4.10. The number of fused-ring (bicyclic) bond motifs is 2. The van der Waals surface area contributed by atoms with E-state index in [1.165, 1.54) is 16.7 Å². The van der Waals surface area contributed by atoms with Gasteiger partial charge in [-0.15, -0.1) is 0 Å². The lowest BCUT2D eigenvalue weighted by atomic mass is 9.62. The number of likely N-dealkylation sites (tertiary alicyclic amines) is 1. The second-order valence-electron chi connectivity index (χ2n) is 7.56. The van der Waals surface area contributed by atoms with Gasteiger partial charge in [-0.1, -0.05) is 75.1 Å². The van der Waals surface area contributed by atoms with Crippen LogP contribution in [0, 0.1) is 16.7 Å². The zero-order valence-electron chi connectivity index (χ0n) is 15.2. The Balaban J connectivity index is 1.58. The predicted molar refractivity (Wildman–Crippen MR) is 109 cm³/mol. The molecule has 1 aromatic carbocycles. The van der Waals surface area contributed by atoms with Crippen LogP contribution in [0.1, 0.15) is 39.2 Å². The Morgan fingerprint density at radius 3 is 2.73 bits per heavy atom. The maximum Gasteiger partial charge on any atom is 0.236 e. The maximum atomic E-state index is 12.9. The molecule has 2 amide bonds. The van der Waals surface area contributed by atoms with Crippen LogP contribution in [0.25, 0.3) is 0 Å². The first-order chi connectivity index (χ1) is 12.3. The molecule has 5 nitrogen and oxygen atoms in total. The number of piperidine rings is 1. The maximum absolute atomic E-state index is 12.9. The van der Waals surface area contributed by atoms with Crippen LogP contribution >= 0.6 is 24.0 Å². The quantitative estimate of drug-likeness (QED) is 0.370. The van der Waals surface area contributed by atoms with Gasteiger partial charge in [-0.3, -0.25) is 19.9 Å². The fourth-order valence-electron chi connectivity index (χ4n) is 3.88. The van der Waals surface area contributed by atoms with Gasteiger partial charge in [-0.25, -0.2) is 0 Å². The molecule has 0 unspecified atom stereocenters. The van der Waals surface area contributed by atoms with Gasteiger partial charge in [0, 0.05) is 5.92 Å². The minimum atomic E-state index is -0.480. The van der Waals surface area contributed by atoms with Crippen molar-refractivity contribution >= 4 is 46.3 Å². The van der Waals surface area contributed by atoms with Gasteiger partial charge in [-0.2, -0.15) is 5.10 Å². The van der Waals surface area contributed by atoms with Crippen molar-refractivity contribution in [3.63, 3.8) is 0 Å². The van der Waals surface area contributed by atoms with E-state index >= 15 is 0 Å². The van der Waals surface area contributed by atoms with E-state index in [-0.39, 0.29) is 29.0 Å². The molecule has 26 heavy (non-hydrogen) atoms. The number of imide groups is 1. The van der Waals surface area contributed by atoms with Crippen LogP contribution in [0.5, 0.6) is 0 Å². The van der Waals surface area contributed by atoms with Crippen LogP contribution in [-0.2, 0) is 9.59 Å². The Kier molecular flexibility index (Phi) is 5.21. The second kappa shape index (κ2) is 7.12. The number of nitrogens with one attached hydrogen (secondary N) is 1. The number of amides is 2. The molecule has 2 atom stereocenters. The highest BCUT2D eigenvalue weighted by atomic mass is 32.2. The Labute approximate surface area is 163 Å². The third kappa shape index (κ3) is 3.18. The molecule has 0 aromatic heterocycles. The van der Waals surface area contributed by atoms with E-state index in [0.717, 1.165) is 18.4 Å². The summed E-state index contributed by atoms with van der Waals surface area (Å²) >= 11 is 6.50. The highest BCUT2D eigenvalue weighted by Crippen LogP contribution is 2.60. The predicted octanol–water partition coefficient (Wildman–Crippen LogP) is 3.40. The molecule has 2 bridgehead atoms. The SMILES string of the molecule is CC1(C)[C@@H]2CC[C@@]1(C)C(=O)N(CSC(=S)NN=Cc1ccccc1)C2=O. The van der Waals surface area contributed by atoms with E-state index in [4.69, 9.17) is 12.2 Å². The molecule has 1 aromatic rings. The third-order valence-electron chi connectivity index (χ3n) is 6.00. The largest absolute Gasteiger partial charge is 0.274 e. The van der Waals surface area contributed by atoms with Crippen molar-refractivity contribution < 1.29 is 9.59 Å². The first-order valence-electron chi connectivity index (χ1n) is 8.64. The molecule has 0 spiro atoms. The van der Waals surface area contributed by atoms with Crippen LogP contribution in [0.3, 0.4) is 0 Å². The van der Waals surface area contributed by atoms with Gasteiger partial charge in [0.1, 0.15) is 0 Å². The topological polar surface area (TPSA) is 61.8 Å². The normalized spacial score (nSPS) is 27.2. The molecule has 1 heterocycles. The summed E-state index contributed by atoms with van der Waals surface area (Å²) in [7, 11) is 0. The lowest BCUT2D eigenvalue weighted by Gasteiger charge is -2.47. The van der Waals surface area contributed by atoms with Gasteiger partial charge in [-0.05, 0) is 23.8 Å². The molecular formula is C19H23N3O2S2. The second-order valence-corrected chi connectivity index (χ2v) is 9.18. The van der Waals surface area contributed by atoms with Crippen molar-refractivity contribution in [2.24, 2.45) is 21.8 Å². The standard InChI is InChI=1S/C19H23N3O2S2/c1-18(2)14-9-10-19(18,3)16(24)22(15(14)23)12-26-17(25)21-20-11-13-7-5-4-6-8-13/h4-8,11,14H,9-10,12H2,1-3H3,(H,21,25)/t14-,19+/m1/s1. The number of hydrogen-bond acceptors (Lipinski definition) is 5. The molecule has 2 fully saturated rings. The lowest BCUT2D eigenvalue weighted by molar-refractivity contribution is -0.166. The highest BCUT2D eigenvalue weighted by molar-refractivity contribution is 8.22. The zero-order valence-corrected chi connectivity index (χ0v) is 16.8. The minimum Gasteiger partial charge on any atom is -0.274 e. The summed E-state index contributed by atoms with van der Waals surface area (Å²) in [4.78, 5) is 27.1. The van der Waals surface area contributed by atoms with Crippen molar-refractivity contribution in [3.05, 3.63) is 35.9 Å². The van der Waals surface area contributed by atoms with Gasteiger partial charge in [0.2, 0.25) is 11.8 Å². The van der Waals surface area contributed by atoms with E-state index in [1.54, 1.807) is 6.21 Å². The molecule has 1 N–H and O–H groups in total. The lowest BCUT2D eigenvalue weighted by Crippen LogP contribution is -2.58. The number of nitrogens with zero attached hydrogens (tertiary/aromatic N) is 2. The summed E-state index contributed by atoms with van der Waals surface area (Å²) in [6.45, 7) is 6.06. The Bertz CT molecular complexity index is 763. The zero-order chi connectivity index (χ0) is 18.9. The van der Waals surface area contributed by atoms with Crippen LogP contribution < -0.4 is 5.43 Å². The number of carbonyl (C=O) groups is 2. The van der Waals surface area contributed by atoms with Crippen molar-refractivity contribution in [2.75, 3.05) is 5.88 Å². The molecule has 1 aliphatic carbocycles. The summed E-state index contributed by atoms with van der Waals surface area (Å²) in [6, 6.07) is 9.67. The number of rotatable bonds is 4. The molecule has 3 rings (SSSR count). The summed E-state index contributed by atoms with van der Waals surface area (Å²) in [5.74, 6) is -0.0159. The van der Waals surface area contributed by atoms with Crippen LogP contribution in [0.4, 0.5) is 0 Å². The number of thioether (sulfide) groups is 1. The van der Waals surface area contributed by atoms with Gasteiger partial charge < -0.3 is 0 Å². The Hall–Kier alpha value is -1.73. The van der Waals surface area contributed by atoms with Crippen molar-refractivity contribution in [1.29, 1.82) is 0 Å². The third-order valence-corrected chi connectivity index (χ3v) is 7.19. The molecule has 0 radical (unpaired) electrons. The fourth-order valence-corrected chi connectivity index (χ4v) is 4.70. The summed E-state index contributed by atoms with van der Waals surface area (Å²) in [6.07, 6.45) is 3.22. The number of hydrogen-bond donors (Lipinski definition) is 1. The fraction of sp³-hybridized carbons (Fsp3) is 0.474. The van der Waals surface area contributed by atoms with Crippen LogP contribution in [0.15, 0.2) is 35.4 Å². The average molecular weight is 390 g/mol. The number of thiocarbonyl (C=S) groups is 1. The highest BCUT2D eigenvalue weighted by Gasteiger charge is 2.64. The van der Waals surface area contributed by atoms with Crippen molar-refractivity contribution in [2.45, 2.75) is 33.6 Å². The number of carbonyl (C=O) groups excluding carboxylic acids is 2.